The first kappa shape index (κ1) is 10.1. The number of benzene rings is 1. The average molecular weight is 222 g/mol. The lowest BCUT2D eigenvalue weighted by Gasteiger charge is -2.02. The molecule has 0 fully saturated rings. The Morgan fingerprint density at radius 2 is 2.20 bits per heavy atom. The van der Waals surface area contributed by atoms with Gasteiger partial charge in [0.15, 0.2) is 0 Å². The van der Waals surface area contributed by atoms with Gasteiger partial charge in [-0.1, -0.05) is 17.7 Å². The molecule has 0 atom stereocenters. The second-order valence-corrected chi connectivity index (χ2v) is 3.80. The summed E-state index contributed by atoms with van der Waals surface area (Å²) in [5.74, 6) is 0.989. The highest BCUT2D eigenvalue weighted by Gasteiger charge is 2.00. The normalized spacial score (nSPS) is 10.5. The summed E-state index contributed by atoms with van der Waals surface area (Å²) in [5, 5.41) is 0.608. The third kappa shape index (κ3) is 2.50. The van der Waals surface area contributed by atoms with E-state index < -0.39 is 0 Å². The van der Waals surface area contributed by atoms with Crippen LogP contribution in [0.4, 0.5) is 5.69 Å². The molecule has 0 bridgehead atoms. The zero-order valence-corrected chi connectivity index (χ0v) is 8.96. The van der Waals surface area contributed by atoms with Crippen molar-refractivity contribution >= 4 is 17.3 Å². The van der Waals surface area contributed by atoms with Gasteiger partial charge in [-0.2, -0.15) is 0 Å². The minimum Gasteiger partial charge on any atom is -0.398 e. The molecule has 0 unspecified atom stereocenters. The van der Waals surface area contributed by atoms with E-state index in [9.17, 15) is 0 Å². The van der Waals surface area contributed by atoms with E-state index in [0.717, 1.165) is 18.7 Å². The van der Waals surface area contributed by atoms with Crippen LogP contribution in [-0.4, -0.2) is 9.97 Å². The van der Waals surface area contributed by atoms with Crippen molar-refractivity contribution in [1.29, 1.82) is 0 Å². The van der Waals surface area contributed by atoms with Crippen molar-refractivity contribution in [3.63, 3.8) is 0 Å². The molecule has 2 rings (SSSR count). The standard InChI is InChI=1S/C11H12ClN3/c12-9-3-1-8(7-10(9)13)2-4-11-14-5-6-15-11/h1,3,5-7H,2,4,13H2,(H,14,15). The van der Waals surface area contributed by atoms with Crippen molar-refractivity contribution in [2.75, 3.05) is 5.73 Å². The second kappa shape index (κ2) is 4.36. The molecular weight excluding hydrogens is 210 g/mol. The zero-order chi connectivity index (χ0) is 10.7. The molecule has 15 heavy (non-hydrogen) atoms. The molecule has 0 aliphatic rings. The smallest absolute Gasteiger partial charge is 0.106 e. The lowest BCUT2D eigenvalue weighted by Crippen LogP contribution is -1.95. The number of nitrogen functional groups attached to an aromatic ring is 1. The Hall–Kier alpha value is -1.48. The second-order valence-electron chi connectivity index (χ2n) is 3.39. The third-order valence-electron chi connectivity index (χ3n) is 2.27. The number of halogens is 1. The van der Waals surface area contributed by atoms with Crippen LogP contribution in [0, 0.1) is 0 Å². The summed E-state index contributed by atoms with van der Waals surface area (Å²) in [6, 6.07) is 5.72. The molecular formula is C11H12ClN3. The fourth-order valence-corrected chi connectivity index (χ4v) is 1.56. The molecule has 0 amide bonds. The molecule has 0 aliphatic carbocycles. The highest BCUT2D eigenvalue weighted by molar-refractivity contribution is 6.33. The van der Waals surface area contributed by atoms with Crippen LogP contribution in [-0.2, 0) is 12.8 Å². The molecule has 0 radical (unpaired) electrons. The molecule has 0 saturated heterocycles. The summed E-state index contributed by atoms with van der Waals surface area (Å²) >= 11 is 5.84. The van der Waals surface area contributed by atoms with Crippen LogP contribution in [0.2, 0.25) is 5.02 Å². The van der Waals surface area contributed by atoms with Gasteiger partial charge in [-0.25, -0.2) is 4.98 Å². The SMILES string of the molecule is Nc1cc(CCc2ncc[nH]2)ccc1Cl. The number of nitrogens with two attached hydrogens (primary N) is 1. The van der Waals surface area contributed by atoms with Crippen molar-refractivity contribution in [3.8, 4) is 0 Å². The van der Waals surface area contributed by atoms with Crippen LogP contribution in [0.25, 0.3) is 0 Å². The number of aromatic nitrogens is 2. The Bertz CT molecular complexity index is 437. The lowest BCUT2D eigenvalue weighted by molar-refractivity contribution is 0.885. The van der Waals surface area contributed by atoms with Gasteiger partial charge in [0, 0.05) is 18.8 Å². The maximum absolute atomic E-state index is 5.84. The van der Waals surface area contributed by atoms with E-state index in [1.807, 2.05) is 24.4 Å². The summed E-state index contributed by atoms with van der Waals surface area (Å²) in [6.07, 6.45) is 5.38. The molecule has 0 saturated carbocycles. The fourth-order valence-electron chi connectivity index (χ4n) is 1.45. The first-order chi connectivity index (χ1) is 7.25. The Balaban J connectivity index is 2.02. The van der Waals surface area contributed by atoms with E-state index in [2.05, 4.69) is 9.97 Å². The highest BCUT2D eigenvalue weighted by Crippen LogP contribution is 2.20. The third-order valence-corrected chi connectivity index (χ3v) is 2.61. The van der Waals surface area contributed by atoms with Crippen LogP contribution >= 0.6 is 11.6 Å². The van der Waals surface area contributed by atoms with E-state index in [1.54, 1.807) is 6.20 Å². The van der Waals surface area contributed by atoms with Crippen molar-refractivity contribution in [3.05, 3.63) is 47.0 Å². The quantitative estimate of drug-likeness (QED) is 0.783. The number of nitrogens with zero attached hydrogens (tertiary/aromatic N) is 1. The van der Waals surface area contributed by atoms with Gasteiger partial charge in [0.1, 0.15) is 5.82 Å². The van der Waals surface area contributed by atoms with Gasteiger partial charge in [-0.05, 0) is 24.1 Å². The minimum absolute atomic E-state index is 0.608. The van der Waals surface area contributed by atoms with Crippen LogP contribution in [0.15, 0.2) is 30.6 Å². The fraction of sp³-hybridized carbons (Fsp3) is 0.182. The molecule has 1 aromatic carbocycles. The Kier molecular flexibility index (Phi) is 2.92. The van der Waals surface area contributed by atoms with Crippen LogP contribution in [0.1, 0.15) is 11.4 Å². The number of hydrogen-bond donors (Lipinski definition) is 2. The first-order valence-corrected chi connectivity index (χ1v) is 5.15. The monoisotopic (exact) mass is 221 g/mol. The molecule has 3 N–H and O–H groups in total. The van der Waals surface area contributed by atoms with E-state index in [4.69, 9.17) is 17.3 Å². The van der Waals surface area contributed by atoms with E-state index in [-0.39, 0.29) is 0 Å². The van der Waals surface area contributed by atoms with Crippen LogP contribution < -0.4 is 5.73 Å². The maximum Gasteiger partial charge on any atom is 0.106 e. The molecule has 2 aromatic rings. The number of rotatable bonds is 3. The number of H-pyrrole nitrogens is 1. The number of aryl methyl sites for hydroxylation is 2. The molecule has 4 heteroatoms. The maximum atomic E-state index is 5.84. The molecule has 1 aromatic heterocycles. The van der Waals surface area contributed by atoms with Gasteiger partial charge in [0.25, 0.3) is 0 Å². The van der Waals surface area contributed by atoms with Gasteiger partial charge < -0.3 is 10.7 Å². The topological polar surface area (TPSA) is 54.7 Å². The van der Waals surface area contributed by atoms with Crippen molar-refractivity contribution in [1.82, 2.24) is 9.97 Å². The van der Waals surface area contributed by atoms with E-state index >= 15 is 0 Å². The number of imidazole rings is 1. The number of anilines is 1. The zero-order valence-electron chi connectivity index (χ0n) is 8.20. The van der Waals surface area contributed by atoms with E-state index in [1.165, 1.54) is 5.56 Å². The summed E-state index contributed by atoms with van der Waals surface area (Å²) < 4.78 is 0. The van der Waals surface area contributed by atoms with Crippen LogP contribution in [0.5, 0.6) is 0 Å². The summed E-state index contributed by atoms with van der Waals surface area (Å²) in [5.41, 5.74) is 7.52. The first-order valence-electron chi connectivity index (χ1n) is 4.78. The average Bonchev–Trinajstić information content (AvgIpc) is 2.73. The van der Waals surface area contributed by atoms with Gasteiger partial charge in [0.2, 0.25) is 0 Å². The largest absolute Gasteiger partial charge is 0.398 e. The lowest BCUT2D eigenvalue weighted by atomic mass is 10.1. The van der Waals surface area contributed by atoms with E-state index in [0.29, 0.717) is 10.7 Å². The molecule has 1 heterocycles. The minimum atomic E-state index is 0.608. The van der Waals surface area contributed by atoms with Crippen molar-refractivity contribution < 1.29 is 0 Å². The van der Waals surface area contributed by atoms with Crippen LogP contribution in [0.3, 0.4) is 0 Å². The molecule has 78 valence electrons. The van der Waals surface area contributed by atoms with Gasteiger partial charge in [-0.15, -0.1) is 0 Å². The van der Waals surface area contributed by atoms with Gasteiger partial charge >= 0.3 is 0 Å². The summed E-state index contributed by atoms with van der Waals surface area (Å²) in [4.78, 5) is 7.22. The number of hydrogen-bond acceptors (Lipinski definition) is 2. The van der Waals surface area contributed by atoms with Crippen molar-refractivity contribution in [2.45, 2.75) is 12.8 Å². The number of nitrogens with one attached hydrogen (secondary N) is 1. The Morgan fingerprint density at radius 3 is 2.87 bits per heavy atom. The number of aromatic amines is 1. The molecule has 0 aliphatic heterocycles. The molecule has 3 nitrogen and oxygen atoms in total. The Labute approximate surface area is 93.3 Å². The summed E-state index contributed by atoms with van der Waals surface area (Å²) in [7, 11) is 0. The predicted octanol–water partition coefficient (Wildman–Crippen LogP) is 2.43. The predicted molar refractivity (Wildman–Crippen MR) is 61.9 cm³/mol. The van der Waals surface area contributed by atoms with Gasteiger partial charge in [-0.3, -0.25) is 0 Å². The summed E-state index contributed by atoms with van der Waals surface area (Å²) in [6.45, 7) is 0. The van der Waals surface area contributed by atoms with Crippen molar-refractivity contribution in [2.24, 2.45) is 0 Å². The molecule has 0 spiro atoms. The Morgan fingerprint density at radius 1 is 1.33 bits per heavy atom. The van der Waals surface area contributed by atoms with Gasteiger partial charge in [0.05, 0.1) is 10.7 Å². The highest BCUT2D eigenvalue weighted by atomic mass is 35.5.